The van der Waals surface area contributed by atoms with Gasteiger partial charge < -0.3 is 15.6 Å². The number of ether oxygens (including phenoxy) is 1. The summed E-state index contributed by atoms with van der Waals surface area (Å²) in [6.07, 6.45) is 0.0703. The molecule has 1 rings (SSSR count). The Balaban J connectivity index is 2.85. The van der Waals surface area contributed by atoms with Crippen molar-refractivity contribution in [1.82, 2.24) is 0 Å². The minimum atomic E-state index is -0.498. The van der Waals surface area contributed by atoms with E-state index in [0.717, 1.165) is 15.8 Å². The molecular formula is C10H14BrNO2. The predicted octanol–water partition coefficient (Wildman–Crippen LogP) is 1.84. The number of benzene rings is 1. The third-order valence-electron chi connectivity index (χ3n) is 2.00. The van der Waals surface area contributed by atoms with Crippen molar-refractivity contribution in [3.05, 3.63) is 28.2 Å². The molecule has 0 saturated carbocycles. The first-order valence-corrected chi connectivity index (χ1v) is 5.20. The summed E-state index contributed by atoms with van der Waals surface area (Å²) in [6.45, 7) is 0.477. The summed E-state index contributed by atoms with van der Waals surface area (Å²) in [6, 6.07) is 5.50. The average Bonchev–Trinajstić information content (AvgIpc) is 2.18. The maximum Gasteiger partial charge on any atom is 0.133 e. The molecule has 0 amide bonds. The first-order chi connectivity index (χ1) is 6.69. The van der Waals surface area contributed by atoms with Crippen molar-refractivity contribution in [2.24, 2.45) is 5.73 Å². The van der Waals surface area contributed by atoms with Gasteiger partial charge in [-0.2, -0.15) is 0 Å². The number of aliphatic hydroxyl groups excluding tert-OH is 1. The second-order valence-corrected chi connectivity index (χ2v) is 3.84. The van der Waals surface area contributed by atoms with E-state index in [9.17, 15) is 5.11 Å². The predicted molar refractivity (Wildman–Crippen MR) is 59.3 cm³/mol. The summed E-state index contributed by atoms with van der Waals surface area (Å²) in [5.74, 6) is 0.758. The van der Waals surface area contributed by atoms with Crippen LogP contribution in [0.25, 0.3) is 0 Å². The van der Waals surface area contributed by atoms with E-state index in [1.807, 2.05) is 18.2 Å². The van der Waals surface area contributed by atoms with Gasteiger partial charge >= 0.3 is 0 Å². The molecule has 0 bridgehead atoms. The van der Waals surface area contributed by atoms with Gasteiger partial charge in [0.15, 0.2) is 0 Å². The Kier molecular flexibility index (Phi) is 4.38. The van der Waals surface area contributed by atoms with Gasteiger partial charge in [-0.05, 0) is 46.6 Å². The third-order valence-corrected chi connectivity index (χ3v) is 2.62. The first kappa shape index (κ1) is 11.5. The van der Waals surface area contributed by atoms with Crippen LogP contribution in [0.4, 0.5) is 0 Å². The van der Waals surface area contributed by atoms with E-state index in [-0.39, 0.29) is 0 Å². The Morgan fingerprint density at radius 1 is 1.57 bits per heavy atom. The molecule has 3 N–H and O–H groups in total. The van der Waals surface area contributed by atoms with Crippen LogP contribution in [0.3, 0.4) is 0 Å². The Morgan fingerprint density at radius 3 is 2.79 bits per heavy atom. The summed E-state index contributed by atoms with van der Waals surface area (Å²) in [7, 11) is 1.61. The minimum Gasteiger partial charge on any atom is -0.496 e. The molecule has 1 atom stereocenters. The lowest BCUT2D eigenvalue weighted by Gasteiger charge is -2.11. The Bertz CT molecular complexity index is 304. The monoisotopic (exact) mass is 259 g/mol. The molecule has 0 heterocycles. The lowest BCUT2D eigenvalue weighted by Crippen LogP contribution is -2.06. The second-order valence-electron chi connectivity index (χ2n) is 2.99. The van der Waals surface area contributed by atoms with Crippen molar-refractivity contribution < 1.29 is 9.84 Å². The number of hydrogen-bond acceptors (Lipinski definition) is 3. The van der Waals surface area contributed by atoms with Crippen molar-refractivity contribution in [1.29, 1.82) is 0 Å². The fraction of sp³-hybridized carbons (Fsp3) is 0.400. The van der Waals surface area contributed by atoms with E-state index in [0.29, 0.717) is 13.0 Å². The molecular weight excluding hydrogens is 246 g/mol. The van der Waals surface area contributed by atoms with Crippen LogP contribution in [0.2, 0.25) is 0 Å². The molecule has 0 aliphatic heterocycles. The highest BCUT2D eigenvalue weighted by Crippen LogP contribution is 2.28. The minimum absolute atomic E-state index is 0.477. The number of methoxy groups -OCH3 is 1. The van der Waals surface area contributed by atoms with Crippen LogP contribution >= 0.6 is 15.9 Å². The number of nitrogens with two attached hydrogens (primary N) is 1. The van der Waals surface area contributed by atoms with Crippen LogP contribution in [0.1, 0.15) is 18.1 Å². The number of halogens is 1. The van der Waals surface area contributed by atoms with Gasteiger partial charge in [-0.1, -0.05) is 6.07 Å². The van der Waals surface area contributed by atoms with Crippen LogP contribution in [-0.2, 0) is 0 Å². The van der Waals surface area contributed by atoms with E-state index >= 15 is 0 Å². The van der Waals surface area contributed by atoms with Gasteiger partial charge in [-0.15, -0.1) is 0 Å². The highest BCUT2D eigenvalue weighted by molar-refractivity contribution is 9.10. The fourth-order valence-corrected chi connectivity index (χ4v) is 1.77. The van der Waals surface area contributed by atoms with Crippen molar-refractivity contribution >= 4 is 15.9 Å². The van der Waals surface area contributed by atoms with Crippen LogP contribution in [0.15, 0.2) is 22.7 Å². The van der Waals surface area contributed by atoms with Gasteiger partial charge in [0.25, 0.3) is 0 Å². The topological polar surface area (TPSA) is 55.5 Å². The first-order valence-electron chi connectivity index (χ1n) is 4.40. The Hall–Kier alpha value is -0.580. The molecule has 3 nitrogen and oxygen atoms in total. The van der Waals surface area contributed by atoms with Gasteiger partial charge in [0.05, 0.1) is 17.7 Å². The van der Waals surface area contributed by atoms with Crippen LogP contribution in [0.5, 0.6) is 5.75 Å². The number of aliphatic hydroxyl groups is 1. The van der Waals surface area contributed by atoms with Gasteiger partial charge in [-0.3, -0.25) is 0 Å². The Labute approximate surface area is 92.0 Å². The Morgan fingerprint density at radius 2 is 2.29 bits per heavy atom. The third kappa shape index (κ3) is 2.70. The zero-order valence-electron chi connectivity index (χ0n) is 8.03. The maximum atomic E-state index is 9.67. The summed E-state index contributed by atoms with van der Waals surface area (Å²) >= 11 is 3.36. The van der Waals surface area contributed by atoms with Gasteiger partial charge in [-0.25, -0.2) is 0 Å². The van der Waals surface area contributed by atoms with Gasteiger partial charge in [0, 0.05) is 0 Å². The lowest BCUT2D eigenvalue weighted by atomic mass is 10.1. The molecule has 0 aliphatic carbocycles. The zero-order chi connectivity index (χ0) is 10.6. The highest BCUT2D eigenvalue weighted by Gasteiger charge is 2.08. The van der Waals surface area contributed by atoms with Crippen molar-refractivity contribution in [2.45, 2.75) is 12.5 Å². The van der Waals surface area contributed by atoms with E-state index in [4.69, 9.17) is 10.5 Å². The molecule has 1 aromatic carbocycles. The maximum absolute atomic E-state index is 9.67. The summed E-state index contributed by atoms with van der Waals surface area (Å²) in [5.41, 5.74) is 6.21. The molecule has 14 heavy (non-hydrogen) atoms. The summed E-state index contributed by atoms with van der Waals surface area (Å²) in [5, 5.41) is 9.67. The lowest BCUT2D eigenvalue weighted by molar-refractivity contribution is 0.170. The smallest absolute Gasteiger partial charge is 0.133 e. The molecule has 0 spiro atoms. The fourth-order valence-electron chi connectivity index (χ4n) is 1.21. The number of rotatable bonds is 4. The largest absolute Gasteiger partial charge is 0.496 e. The molecule has 0 aromatic heterocycles. The molecule has 0 fully saturated rings. The van der Waals surface area contributed by atoms with Crippen molar-refractivity contribution in [2.75, 3.05) is 13.7 Å². The van der Waals surface area contributed by atoms with Crippen LogP contribution < -0.4 is 10.5 Å². The molecule has 0 saturated heterocycles. The molecule has 0 unspecified atom stereocenters. The molecule has 0 radical (unpaired) electrons. The number of hydrogen-bond donors (Lipinski definition) is 2. The van der Waals surface area contributed by atoms with Crippen molar-refractivity contribution in [3.8, 4) is 5.75 Å². The molecule has 1 aromatic rings. The van der Waals surface area contributed by atoms with E-state index in [1.165, 1.54) is 0 Å². The normalized spacial score (nSPS) is 12.6. The standard InChI is InChI=1S/C10H14BrNO2/c1-14-10-3-2-7(6-8(10)11)9(13)4-5-12/h2-3,6,9,13H,4-5,12H2,1H3/t9-/m0/s1. The summed E-state index contributed by atoms with van der Waals surface area (Å²) in [4.78, 5) is 0. The van der Waals surface area contributed by atoms with Crippen LogP contribution in [0, 0.1) is 0 Å². The van der Waals surface area contributed by atoms with Crippen LogP contribution in [-0.4, -0.2) is 18.8 Å². The van der Waals surface area contributed by atoms with E-state index in [1.54, 1.807) is 7.11 Å². The van der Waals surface area contributed by atoms with E-state index in [2.05, 4.69) is 15.9 Å². The van der Waals surface area contributed by atoms with Gasteiger partial charge in [0.1, 0.15) is 5.75 Å². The average molecular weight is 260 g/mol. The molecule has 78 valence electrons. The zero-order valence-corrected chi connectivity index (χ0v) is 9.62. The molecule has 0 aliphatic rings. The second kappa shape index (κ2) is 5.34. The van der Waals surface area contributed by atoms with E-state index < -0.39 is 6.10 Å². The quantitative estimate of drug-likeness (QED) is 0.868. The highest BCUT2D eigenvalue weighted by atomic mass is 79.9. The van der Waals surface area contributed by atoms with Gasteiger partial charge in [0.2, 0.25) is 0 Å². The SMILES string of the molecule is COc1ccc([C@@H](O)CCN)cc1Br. The summed E-state index contributed by atoms with van der Waals surface area (Å²) < 4.78 is 5.93. The van der Waals surface area contributed by atoms with Crippen molar-refractivity contribution in [3.63, 3.8) is 0 Å². The molecule has 4 heteroatoms.